The largest absolute Gasteiger partial charge is 0.327 e. The highest BCUT2D eigenvalue weighted by atomic mass is 19.1. The molecule has 1 aliphatic carbocycles. The molecule has 0 spiro atoms. The lowest BCUT2D eigenvalue weighted by Crippen LogP contribution is -2.42. The van der Waals surface area contributed by atoms with Crippen LogP contribution >= 0.6 is 0 Å². The van der Waals surface area contributed by atoms with Gasteiger partial charge >= 0.3 is 0 Å². The van der Waals surface area contributed by atoms with Crippen molar-refractivity contribution in [3.63, 3.8) is 0 Å². The van der Waals surface area contributed by atoms with Crippen molar-refractivity contribution in [2.24, 2.45) is 23.5 Å². The van der Waals surface area contributed by atoms with Gasteiger partial charge in [-0.3, -0.25) is 0 Å². The van der Waals surface area contributed by atoms with Crippen LogP contribution in [0.3, 0.4) is 0 Å². The summed E-state index contributed by atoms with van der Waals surface area (Å²) in [6.07, 6.45) is 3.67. The summed E-state index contributed by atoms with van der Waals surface area (Å²) in [7, 11) is 2.13. The maximum Gasteiger partial charge on any atom is 0.123 e. The van der Waals surface area contributed by atoms with E-state index in [1.54, 1.807) is 0 Å². The quantitative estimate of drug-likeness (QED) is 0.897. The maximum absolute atomic E-state index is 12.9. The number of nitrogens with zero attached hydrogens (tertiary/aromatic N) is 1. The van der Waals surface area contributed by atoms with Gasteiger partial charge in [-0.1, -0.05) is 26.0 Å². The van der Waals surface area contributed by atoms with Gasteiger partial charge in [-0.15, -0.1) is 0 Å². The summed E-state index contributed by atoms with van der Waals surface area (Å²) < 4.78 is 12.9. The normalized spacial score (nSPS) is 26.5. The Kier molecular flexibility index (Phi) is 5.77. The first-order valence-electron chi connectivity index (χ1n) is 8.14. The summed E-state index contributed by atoms with van der Waals surface area (Å²) in [6, 6.07) is 7.12. The average Bonchev–Trinajstić information content (AvgIpc) is 2.43. The minimum atomic E-state index is -0.171. The lowest BCUT2D eigenvalue weighted by atomic mass is 9.74. The molecule has 118 valence electrons. The Bertz CT molecular complexity index is 429. The number of halogens is 1. The standard InChI is InChI=1S/C18H29FN2/c1-13(2)15-6-9-18(20)16(10-15)12-21(3)11-14-4-7-17(19)8-5-14/h4-5,7-8,13,15-16,18H,6,9-12,20H2,1-3H3. The first-order valence-corrected chi connectivity index (χ1v) is 8.14. The molecule has 1 saturated carbocycles. The molecular weight excluding hydrogens is 263 g/mol. The van der Waals surface area contributed by atoms with Crippen LogP contribution in [0.1, 0.15) is 38.7 Å². The van der Waals surface area contributed by atoms with Crippen molar-refractivity contribution in [2.45, 2.75) is 45.7 Å². The van der Waals surface area contributed by atoms with E-state index in [0.29, 0.717) is 12.0 Å². The van der Waals surface area contributed by atoms with Crippen molar-refractivity contribution in [3.05, 3.63) is 35.6 Å². The monoisotopic (exact) mass is 292 g/mol. The second-order valence-corrected chi connectivity index (χ2v) is 7.06. The van der Waals surface area contributed by atoms with Gasteiger partial charge in [-0.25, -0.2) is 4.39 Å². The topological polar surface area (TPSA) is 29.3 Å². The summed E-state index contributed by atoms with van der Waals surface area (Å²) >= 11 is 0. The number of benzene rings is 1. The summed E-state index contributed by atoms with van der Waals surface area (Å²) in [4.78, 5) is 2.32. The van der Waals surface area contributed by atoms with Crippen LogP contribution in [0.4, 0.5) is 4.39 Å². The Labute approximate surface area is 128 Å². The molecule has 3 atom stereocenters. The zero-order valence-corrected chi connectivity index (χ0v) is 13.6. The molecule has 2 N–H and O–H groups in total. The summed E-state index contributed by atoms with van der Waals surface area (Å²) in [5.41, 5.74) is 7.48. The van der Waals surface area contributed by atoms with Crippen molar-refractivity contribution in [1.29, 1.82) is 0 Å². The van der Waals surface area contributed by atoms with E-state index in [4.69, 9.17) is 5.73 Å². The van der Waals surface area contributed by atoms with E-state index >= 15 is 0 Å². The van der Waals surface area contributed by atoms with E-state index in [1.807, 2.05) is 12.1 Å². The van der Waals surface area contributed by atoms with Crippen molar-refractivity contribution in [1.82, 2.24) is 4.90 Å². The van der Waals surface area contributed by atoms with Crippen molar-refractivity contribution in [2.75, 3.05) is 13.6 Å². The second kappa shape index (κ2) is 7.37. The van der Waals surface area contributed by atoms with Crippen LogP contribution in [-0.4, -0.2) is 24.5 Å². The van der Waals surface area contributed by atoms with Crippen LogP contribution in [0.25, 0.3) is 0 Å². The summed E-state index contributed by atoms with van der Waals surface area (Å²) in [6.45, 7) is 6.53. The molecule has 2 rings (SSSR count). The molecule has 1 aliphatic rings. The van der Waals surface area contributed by atoms with E-state index in [1.165, 1.54) is 25.0 Å². The Balaban J connectivity index is 1.88. The third-order valence-corrected chi connectivity index (χ3v) is 4.94. The Morgan fingerprint density at radius 3 is 2.52 bits per heavy atom. The molecule has 2 nitrogen and oxygen atoms in total. The lowest BCUT2D eigenvalue weighted by Gasteiger charge is -2.38. The van der Waals surface area contributed by atoms with Crippen molar-refractivity contribution in [3.8, 4) is 0 Å². The number of rotatable bonds is 5. The van der Waals surface area contributed by atoms with Crippen LogP contribution < -0.4 is 5.73 Å². The second-order valence-electron chi connectivity index (χ2n) is 7.06. The van der Waals surface area contributed by atoms with E-state index in [2.05, 4.69) is 25.8 Å². The zero-order chi connectivity index (χ0) is 15.4. The summed E-state index contributed by atoms with van der Waals surface area (Å²) in [5, 5.41) is 0. The van der Waals surface area contributed by atoms with Crippen LogP contribution in [0.5, 0.6) is 0 Å². The van der Waals surface area contributed by atoms with Gasteiger partial charge in [0.25, 0.3) is 0 Å². The molecule has 0 aliphatic heterocycles. The minimum absolute atomic E-state index is 0.171. The fourth-order valence-electron chi connectivity index (χ4n) is 3.51. The van der Waals surface area contributed by atoms with Crippen LogP contribution in [0.2, 0.25) is 0 Å². The molecule has 1 fully saturated rings. The van der Waals surface area contributed by atoms with Crippen molar-refractivity contribution >= 4 is 0 Å². The fraction of sp³-hybridized carbons (Fsp3) is 0.667. The zero-order valence-electron chi connectivity index (χ0n) is 13.6. The summed E-state index contributed by atoms with van der Waals surface area (Å²) in [5.74, 6) is 1.98. The van der Waals surface area contributed by atoms with Crippen LogP contribution in [0, 0.1) is 23.6 Å². The molecular formula is C18H29FN2. The first-order chi connectivity index (χ1) is 9.95. The van der Waals surface area contributed by atoms with E-state index < -0.39 is 0 Å². The molecule has 3 unspecified atom stereocenters. The van der Waals surface area contributed by atoms with E-state index in [0.717, 1.165) is 36.9 Å². The molecule has 0 radical (unpaired) electrons. The molecule has 0 saturated heterocycles. The molecule has 1 aromatic carbocycles. The smallest absolute Gasteiger partial charge is 0.123 e. The Morgan fingerprint density at radius 2 is 1.90 bits per heavy atom. The third-order valence-electron chi connectivity index (χ3n) is 4.94. The van der Waals surface area contributed by atoms with E-state index in [-0.39, 0.29) is 5.82 Å². The highest BCUT2D eigenvalue weighted by molar-refractivity contribution is 5.15. The molecule has 0 heterocycles. The average molecular weight is 292 g/mol. The first kappa shape index (κ1) is 16.4. The molecule has 3 heteroatoms. The minimum Gasteiger partial charge on any atom is -0.327 e. The molecule has 0 bridgehead atoms. The predicted molar refractivity (Wildman–Crippen MR) is 86.4 cm³/mol. The highest BCUT2D eigenvalue weighted by Crippen LogP contribution is 2.33. The molecule has 0 amide bonds. The number of hydrogen-bond acceptors (Lipinski definition) is 2. The van der Waals surface area contributed by atoms with Gasteiger partial charge in [0.1, 0.15) is 5.82 Å². The van der Waals surface area contributed by atoms with Crippen LogP contribution in [-0.2, 0) is 6.54 Å². The van der Waals surface area contributed by atoms with Gasteiger partial charge < -0.3 is 10.6 Å². The molecule has 21 heavy (non-hydrogen) atoms. The SMILES string of the molecule is CC(C)C1CCC(N)C(CN(C)Cc2ccc(F)cc2)C1. The maximum atomic E-state index is 12.9. The van der Waals surface area contributed by atoms with Crippen molar-refractivity contribution < 1.29 is 4.39 Å². The van der Waals surface area contributed by atoms with Gasteiger partial charge in [0.15, 0.2) is 0 Å². The Morgan fingerprint density at radius 1 is 1.24 bits per heavy atom. The highest BCUT2D eigenvalue weighted by Gasteiger charge is 2.30. The van der Waals surface area contributed by atoms with Gasteiger partial charge in [-0.05, 0) is 61.8 Å². The van der Waals surface area contributed by atoms with Gasteiger partial charge in [-0.2, -0.15) is 0 Å². The van der Waals surface area contributed by atoms with Gasteiger partial charge in [0.2, 0.25) is 0 Å². The van der Waals surface area contributed by atoms with Gasteiger partial charge in [0.05, 0.1) is 0 Å². The molecule has 1 aromatic rings. The fourth-order valence-corrected chi connectivity index (χ4v) is 3.51. The number of nitrogens with two attached hydrogens (primary N) is 1. The molecule has 0 aromatic heterocycles. The number of hydrogen-bond donors (Lipinski definition) is 1. The van der Waals surface area contributed by atoms with E-state index in [9.17, 15) is 4.39 Å². The van der Waals surface area contributed by atoms with Gasteiger partial charge in [0, 0.05) is 19.1 Å². The Hall–Kier alpha value is -0.930. The van der Waals surface area contributed by atoms with Crippen LogP contribution in [0.15, 0.2) is 24.3 Å². The third kappa shape index (κ3) is 4.79. The lowest BCUT2D eigenvalue weighted by molar-refractivity contribution is 0.147. The predicted octanol–water partition coefficient (Wildman–Crippen LogP) is 3.66.